The molecule has 0 aliphatic carbocycles. The van der Waals surface area contributed by atoms with Crippen LogP contribution in [0.5, 0.6) is 0 Å². The van der Waals surface area contributed by atoms with Crippen LogP contribution in [-0.2, 0) is 5.41 Å². The molecule has 1 N–H and O–H groups in total. The monoisotopic (exact) mass is 353 g/mol. The molecule has 1 saturated heterocycles. The standard InChI is InChI=1S/C21H31N5/c1-6-25-11-13-26(14-12-25)20-22-16(2)15-19(24-20)23-18-9-7-17(8-10-18)21(3,4)5/h7-10,15H,6,11-14H2,1-5H3,(H,22,23,24). The number of anilines is 3. The van der Waals surface area contributed by atoms with E-state index in [0.29, 0.717) is 0 Å². The highest BCUT2D eigenvalue weighted by Gasteiger charge is 2.18. The molecule has 0 amide bonds. The summed E-state index contributed by atoms with van der Waals surface area (Å²) in [5.74, 6) is 1.68. The van der Waals surface area contributed by atoms with E-state index in [0.717, 1.165) is 55.9 Å². The Morgan fingerprint density at radius 1 is 1.00 bits per heavy atom. The van der Waals surface area contributed by atoms with Crippen LogP contribution in [0.15, 0.2) is 30.3 Å². The van der Waals surface area contributed by atoms with Crippen molar-refractivity contribution in [2.75, 3.05) is 42.9 Å². The minimum absolute atomic E-state index is 0.165. The van der Waals surface area contributed by atoms with Gasteiger partial charge < -0.3 is 15.1 Å². The van der Waals surface area contributed by atoms with Crippen molar-refractivity contribution in [2.45, 2.75) is 40.0 Å². The Kier molecular flexibility index (Phi) is 5.47. The molecule has 1 aliphatic rings. The van der Waals surface area contributed by atoms with Gasteiger partial charge in [-0.25, -0.2) is 4.98 Å². The highest BCUT2D eigenvalue weighted by molar-refractivity contribution is 5.58. The number of hydrogen-bond donors (Lipinski definition) is 1. The number of nitrogens with one attached hydrogen (secondary N) is 1. The van der Waals surface area contributed by atoms with Gasteiger partial charge in [0.1, 0.15) is 5.82 Å². The third kappa shape index (κ3) is 4.52. The molecule has 0 atom stereocenters. The largest absolute Gasteiger partial charge is 0.340 e. The summed E-state index contributed by atoms with van der Waals surface area (Å²) in [5, 5.41) is 3.43. The second-order valence-electron chi connectivity index (χ2n) is 8.07. The molecule has 140 valence electrons. The lowest BCUT2D eigenvalue weighted by molar-refractivity contribution is 0.270. The molecule has 1 aromatic heterocycles. The fourth-order valence-electron chi connectivity index (χ4n) is 3.22. The first kappa shape index (κ1) is 18.6. The first-order valence-electron chi connectivity index (χ1n) is 9.55. The van der Waals surface area contributed by atoms with E-state index in [1.54, 1.807) is 0 Å². The van der Waals surface area contributed by atoms with Gasteiger partial charge in [-0.15, -0.1) is 0 Å². The van der Waals surface area contributed by atoms with E-state index in [-0.39, 0.29) is 5.41 Å². The van der Waals surface area contributed by atoms with Crippen molar-refractivity contribution in [3.8, 4) is 0 Å². The van der Waals surface area contributed by atoms with E-state index in [4.69, 9.17) is 4.98 Å². The summed E-state index contributed by atoms with van der Waals surface area (Å²) in [6, 6.07) is 10.6. The van der Waals surface area contributed by atoms with Gasteiger partial charge in [-0.3, -0.25) is 0 Å². The molecular weight excluding hydrogens is 322 g/mol. The van der Waals surface area contributed by atoms with Crippen molar-refractivity contribution in [1.82, 2.24) is 14.9 Å². The zero-order valence-electron chi connectivity index (χ0n) is 16.7. The van der Waals surface area contributed by atoms with E-state index >= 15 is 0 Å². The van der Waals surface area contributed by atoms with Gasteiger partial charge in [0.15, 0.2) is 0 Å². The van der Waals surface area contributed by atoms with Crippen LogP contribution in [0.2, 0.25) is 0 Å². The van der Waals surface area contributed by atoms with Gasteiger partial charge in [0.2, 0.25) is 5.95 Å². The normalized spacial score (nSPS) is 16.0. The highest BCUT2D eigenvalue weighted by Crippen LogP contribution is 2.25. The third-order valence-electron chi connectivity index (χ3n) is 4.97. The van der Waals surface area contributed by atoms with Gasteiger partial charge in [0.25, 0.3) is 0 Å². The number of benzene rings is 1. The molecule has 1 aliphatic heterocycles. The van der Waals surface area contributed by atoms with Gasteiger partial charge in [-0.05, 0) is 36.6 Å². The Hall–Kier alpha value is -2.14. The Morgan fingerprint density at radius 2 is 1.65 bits per heavy atom. The third-order valence-corrected chi connectivity index (χ3v) is 4.97. The van der Waals surface area contributed by atoms with E-state index in [2.05, 4.69) is 72.1 Å². The van der Waals surface area contributed by atoms with E-state index < -0.39 is 0 Å². The molecule has 3 rings (SSSR count). The number of rotatable bonds is 4. The molecule has 5 heteroatoms. The van der Waals surface area contributed by atoms with Gasteiger partial charge in [0.05, 0.1) is 0 Å². The van der Waals surface area contributed by atoms with Crippen LogP contribution in [-0.4, -0.2) is 47.6 Å². The van der Waals surface area contributed by atoms with Crippen LogP contribution >= 0.6 is 0 Å². The first-order chi connectivity index (χ1) is 12.3. The molecule has 2 heterocycles. The zero-order chi connectivity index (χ0) is 18.7. The Balaban J connectivity index is 1.74. The van der Waals surface area contributed by atoms with Crippen molar-refractivity contribution in [3.05, 3.63) is 41.6 Å². The molecule has 0 spiro atoms. The van der Waals surface area contributed by atoms with Crippen LogP contribution in [0.3, 0.4) is 0 Å². The molecule has 0 unspecified atom stereocenters. The molecule has 1 aromatic carbocycles. The lowest BCUT2D eigenvalue weighted by Gasteiger charge is -2.34. The van der Waals surface area contributed by atoms with Crippen molar-refractivity contribution >= 4 is 17.5 Å². The minimum Gasteiger partial charge on any atom is -0.340 e. The van der Waals surface area contributed by atoms with Crippen LogP contribution in [0.1, 0.15) is 39.0 Å². The quantitative estimate of drug-likeness (QED) is 0.901. The van der Waals surface area contributed by atoms with Crippen molar-refractivity contribution in [1.29, 1.82) is 0 Å². The summed E-state index contributed by atoms with van der Waals surface area (Å²) < 4.78 is 0. The minimum atomic E-state index is 0.165. The van der Waals surface area contributed by atoms with Crippen molar-refractivity contribution in [2.24, 2.45) is 0 Å². The molecular formula is C21H31N5. The van der Waals surface area contributed by atoms with Crippen molar-refractivity contribution < 1.29 is 0 Å². The lowest BCUT2D eigenvalue weighted by Crippen LogP contribution is -2.46. The molecule has 0 bridgehead atoms. The maximum Gasteiger partial charge on any atom is 0.227 e. The summed E-state index contributed by atoms with van der Waals surface area (Å²) in [7, 11) is 0. The number of aryl methyl sites for hydroxylation is 1. The van der Waals surface area contributed by atoms with Crippen LogP contribution < -0.4 is 10.2 Å². The molecule has 5 nitrogen and oxygen atoms in total. The molecule has 0 radical (unpaired) electrons. The van der Waals surface area contributed by atoms with Gasteiger partial charge in [-0.2, -0.15) is 4.98 Å². The van der Waals surface area contributed by atoms with Gasteiger partial charge in [0, 0.05) is 43.6 Å². The summed E-state index contributed by atoms with van der Waals surface area (Å²) in [4.78, 5) is 14.2. The predicted molar refractivity (Wildman–Crippen MR) is 110 cm³/mol. The topological polar surface area (TPSA) is 44.3 Å². The van der Waals surface area contributed by atoms with E-state index in [1.165, 1.54) is 5.56 Å². The lowest BCUT2D eigenvalue weighted by atomic mass is 9.87. The highest BCUT2D eigenvalue weighted by atomic mass is 15.3. The summed E-state index contributed by atoms with van der Waals surface area (Å²) in [5.41, 5.74) is 3.54. The second kappa shape index (κ2) is 7.62. The van der Waals surface area contributed by atoms with Crippen molar-refractivity contribution in [3.63, 3.8) is 0 Å². The second-order valence-corrected chi connectivity index (χ2v) is 8.07. The predicted octanol–water partition coefficient (Wildman–Crippen LogP) is 3.97. The fourth-order valence-corrected chi connectivity index (χ4v) is 3.22. The average Bonchev–Trinajstić information content (AvgIpc) is 2.61. The SMILES string of the molecule is CCN1CCN(c2nc(C)cc(Nc3ccc(C(C)(C)C)cc3)n2)CC1. The number of aromatic nitrogens is 2. The molecule has 1 fully saturated rings. The number of nitrogens with zero attached hydrogens (tertiary/aromatic N) is 4. The van der Waals surface area contributed by atoms with Crippen LogP contribution in [0.25, 0.3) is 0 Å². The molecule has 0 saturated carbocycles. The molecule has 2 aromatic rings. The smallest absolute Gasteiger partial charge is 0.227 e. The Labute approximate surface area is 157 Å². The number of likely N-dealkylation sites (N-methyl/N-ethyl adjacent to an activating group) is 1. The number of piperazine rings is 1. The summed E-state index contributed by atoms with van der Waals surface area (Å²) in [6.07, 6.45) is 0. The molecule has 26 heavy (non-hydrogen) atoms. The maximum atomic E-state index is 4.76. The maximum absolute atomic E-state index is 4.76. The van der Waals surface area contributed by atoms with E-state index in [1.807, 2.05) is 13.0 Å². The van der Waals surface area contributed by atoms with Crippen LogP contribution in [0.4, 0.5) is 17.5 Å². The average molecular weight is 354 g/mol. The fraction of sp³-hybridized carbons (Fsp3) is 0.524. The first-order valence-corrected chi connectivity index (χ1v) is 9.55. The van der Waals surface area contributed by atoms with Gasteiger partial charge >= 0.3 is 0 Å². The summed E-state index contributed by atoms with van der Waals surface area (Å²) in [6.45, 7) is 16.2. The van der Waals surface area contributed by atoms with Gasteiger partial charge in [-0.1, -0.05) is 39.8 Å². The summed E-state index contributed by atoms with van der Waals surface area (Å²) >= 11 is 0. The Bertz CT molecular complexity index is 725. The number of hydrogen-bond acceptors (Lipinski definition) is 5. The van der Waals surface area contributed by atoms with E-state index in [9.17, 15) is 0 Å². The van der Waals surface area contributed by atoms with Crippen LogP contribution in [0, 0.1) is 6.92 Å². The Morgan fingerprint density at radius 3 is 2.23 bits per heavy atom. The zero-order valence-corrected chi connectivity index (χ0v) is 16.7.